The second-order valence-electron chi connectivity index (χ2n) is 3.28. The zero-order valence-electron chi connectivity index (χ0n) is 9.83. The van der Waals surface area contributed by atoms with Crippen LogP contribution in [0.4, 0.5) is 0 Å². The van der Waals surface area contributed by atoms with Gasteiger partial charge in [0.1, 0.15) is 10.2 Å². The van der Waals surface area contributed by atoms with Crippen LogP contribution in [0.25, 0.3) is 0 Å². The SMILES string of the molecule is CNCC(=O)c1cc(OC)c(OC)c(Br)c1O. The summed E-state index contributed by atoms with van der Waals surface area (Å²) < 4.78 is 10.5. The number of carbonyl (C=O) groups excluding carboxylic acids is 1. The van der Waals surface area contributed by atoms with Gasteiger partial charge in [0.05, 0.1) is 26.3 Å². The van der Waals surface area contributed by atoms with Gasteiger partial charge in [-0.1, -0.05) is 0 Å². The van der Waals surface area contributed by atoms with E-state index in [1.807, 2.05) is 0 Å². The molecule has 17 heavy (non-hydrogen) atoms. The van der Waals surface area contributed by atoms with Crippen molar-refractivity contribution in [2.45, 2.75) is 0 Å². The standard InChI is InChI=1S/C11H14BrNO4/c1-13-5-7(14)6-4-8(16-2)11(17-3)9(12)10(6)15/h4,13,15H,5H2,1-3H3. The molecule has 0 amide bonds. The topological polar surface area (TPSA) is 67.8 Å². The molecule has 0 aliphatic heterocycles. The van der Waals surface area contributed by atoms with E-state index < -0.39 is 0 Å². The Balaban J connectivity index is 3.34. The highest BCUT2D eigenvalue weighted by Crippen LogP contribution is 2.43. The fourth-order valence-corrected chi connectivity index (χ4v) is 1.98. The summed E-state index contributed by atoms with van der Waals surface area (Å²) in [5.41, 5.74) is 0.184. The van der Waals surface area contributed by atoms with E-state index in [9.17, 15) is 9.90 Å². The Morgan fingerprint density at radius 2 is 2.12 bits per heavy atom. The number of carbonyl (C=O) groups is 1. The van der Waals surface area contributed by atoms with Gasteiger partial charge in [-0.2, -0.15) is 0 Å². The van der Waals surface area contributed by atoms with E-state index in [0.29, 0.717) is 16.0 Å². The van der Waals surface area contributed by atoms with E-state index in [0.717, 1.165) is 0 Å². The van der Waals surface area contributed by atoms with Gasteiger partial charge in [-0.05, 0) is 29.0 Å². The van der Waals surface area contributed by atoms with Crippen LogP contribution in [-0.2, 0) is 0 Å². The van der Waals surface area contributed by atoms with Crippen molar-refractivity contribution in [1.29, 1.82) is 0 Å². The lowest BCUT2D eigenvalue weighted by atomic mass is 10.1. The number of halogens is 1. The average molecular weight is 304 g/mol. The number of Topliss-reactive ketones (excluding diaryl/α,β-unsaturated/α-hetero) is 1. The van der Waals surface area contributed by atoms with Gasteiger partial charge in [-0.15, -0.1) is 0 Å². The molecule has 1 aromatic carbocycles. The quantitative estimate of drug-likeness (QED) is 0.808. The maximum Gasteiger partial charge on any atom is 0.180 e. The van der Waals surface area contributed by atoms with E-state index in [4.69, 9.17) is 9.47 Å². The monoisotopic (exact) mass is 303 g/mol. The minimum atomic E-state index is -0.230. The zero-order chi connectivity index (χ0) is 13.0. The van der Waals surface area contributed by atoms with E-state index >= 15 is 0 Å². The highest BCUT2D eigenvalue weighted by molar-refractivity contribution is 9.10. The van der Waals surface area contributed by atoms with Gasteiger partial charge in [0, 0.05) is 0 Å². The molecule has 0 spiro atoms. The summed E-state index contributed by atoms with van der Waals surface area (Å²) in [5.74, 6) is 0.359. The summed E-state index contributed by atoms with van der Waals surface area (Å²) in [6.07, 6.45) is 0. The molecule has 0 aliphatic rings. The van der Waals surface area contributed by atoms with E-state index in [2.05, 4.69) is 21.2 Å². The van der Waals surface area contributed by atoms with Crippen LogP contribution in [0, 0.1) is 0 Å². The molecule has 0 atom stereocenters. The number of ether oxygens (including phenoxy) is 2. The number of nitrogens with one attached hydrogen (secondary N) is 1. The summed E-state index contributed by atoms with van der Waals surface area (Å²) in [5, 5.41) is 12.6. The van der Waals surface area contributed by atoms with E-state index in [-0.39, 0.29) is 23.6 Å². The first-order chi connectivity index (χ1) is 8.06. The molecule has 0 heterocycles. The predicted octanol–water partition coefficient (Wildman–Crippen LogP) is 1.57. The van der Waals surface area contributed by atoms with Crippen LogP contribution >= 0.6 is 15.9 Å². The van der Waals surface area contributed by atoms with Crippen LogP contribution in [0.3, 0.4) is 0 Å². The lowest BCUT2D eigenvalue weighted by Crippen LogP contribution is -2.18. The van der Waals surface area contributed by atoms with Gasteiger partial charge in [0.25, 0.3) is 0 Å². The fourth-order valence-electron chi connectivity index (χ4n) is 1.41. The van der Waals surface area contributed by atoms with E-state index in [1.54, 1.807) is 7.05 Å². The molecule has 2 N–H and O–H groups in total. The predicted molar refractivity (Wildman–Crippen MR) is 67.2 cm³/mol. The normalized spacial score (nSPS) is 10.1. The molecule has 0 fully saturated rings. The molecule has 6 heteroatoms. The maximum atomic E-state index is 11.7. The highest BCUT2D eigenvalue weighted by Gasteiger charge is 2.21. The molecule has 94 valence electrons. The number of hydrogen-bond donors (Lipinski definition) is 2. The Morgan fingerprint density at radius 1 is 1.47 bits per heavy atom. The molecular weight excluding hydrogens is 290 g/mol. The summed E-state index contributed by atoms with van der Waals surface area (Å²) in [6.45, 7) is 0.134. The average Bonchev–Trinajstić information content (AvgIpc) is 2.32. The lowest BCUT2D eigenvalue weighted by molar-refractivity contribution is 0.0990. The van der Waals surface area contributed by atoms with Gasteiger partial charge in [-0.3, -0.25) is 4.79 Å². The third kappa shape index (κ3) is 2.70. The number of rotatable bonds is 5. The number of likely N-dealkylation sites (N-methyl/N-ethyl adjacent to an activating group) is 1. The van der Waals surface area contributed by atoms with Crippen molar-refractivity contribution in [3.05, 3.63) is 16.1 Å². The van der Waals surface area contributed by atoms with Gasteiger partial charge in [-0.25, -0.2) is 0 Å². The summed E-state index contributed by atoms with van der Waals surface area (Å²) in [6, 6.07) is 1.46. The molecule has 0 radical (unpaired) electrons. The summed E-state index contributed by atoms with van der Waals surface area (Å²) in [7, 11) is 4.58. The smallest absolute Gasteiger partial charge is 0.180 e. The number of hydrogen-bond acceptors (Lipinski definition) is 5. The van der Waals surface area contributed by atoms with Crippen LogP contribution in [0.5, 0.6) is 17.2 Å². The lowest BCUT2D eigenvalue weighted by Gasteiger charge is -2.13. The number of phenols is 1. The molecular formula is C11H14BrNO4. The van der Waals surface area contributed by atoms with Crippen molar-refractivity contribution in [2.24, 2.45) is 0 Å². The Kier molecular flexibility index (Phi) is 4.77. The first-order valence-electron chi connectivity index (χ1n) is 4.88. The Morgan fingerprint density at radius 3 is 2.59 bits per heavy atom. The number of benzene rings is 1. The Labute approximate surface area is 108 Å². The first kappa shape index (κ1) is 13.8. The Hall–Kier alpha value is -1.27. The molecule has 0 aliphatic carbocycles. The second kappa shape index (κ2) is 5.88. The number of methoxy groups -OCH3 is 2. The van der Waals surface area contributed by atoms with Gasteiger partial charge in [0.2, 0.25) is 0 Å². The molecule has 1 rings (SSSR count). The van der Waals surface area contributed by atoms with Gasteiger partial charge in [0.15, 0.2) is 17.3 Å². The van der Waals surface area contributed by atoms with Crippen molar-refractivity contribution >= 4 is 21.7 Å². The van der Waals surface area contributed by atoms with Crippen LogP contribution in [-0.4, -0.2) is 38.7 Å². The minimum Gasteiger partial charge on any atom is -0.506 e. The van der Waals surface area contributed by atoms with Crippen LogP contribution in [0.1, 0.15) is 10.4 Å². The van der Waals surface area contributed by atoms with Gasteiger partial charge >= 0.3 is 0 Å². The first-order valence-corrected chi connectivity index (χ1v) is 5.67. The van der Waals surface area contributed by atoms with Crippen molar-refractivity contribution in [2.75, 3.05) is 27.8 Å². The van der Waals surface area contributed by atoms with Crippen molar-refractivity contribution in [3.63, 3.8) is 0 Å². The number of ketones is 1. The number of phenolic OH excluding ortho intramolecular Hbond substituents is 1. The third-order valence-corrected chi connectivity index (χ3v) is 2.96. The third-order valence-electron chi connectivity index (χ3n) is 2.22. The molecule has 0 saturated carbocycles. The molecule has 0 unspecified atom stereocenters. The Bertz CT molecular complexity index is 434. The molecule has 0 saturated heterocycles. The van der Waals surface area contributed by atoms with Crippen LogP contribution in [0.2, 0.25) is 0 Å². The summed E-state index contributed by atoms with van der Waals surface area (Å²) >= 11 is 3.17. The molecule has 1 aromatic rings. The van der Waals surface area contributed by atoms with Crippen LogP contribution in [0.15, 0.2) is 10.5 Å². The minimum absolute atomic E-state index is 0.134. The van der Waals surface area contributed by atoms with Crippen molar-refractivity contribution in [3.8, 4) is 17.2 Å². The molecule has 0 bridgehead atoms. The molecule has 5 nitrogen and oxygen atoms in total. The second-order valence-corrected chi connectivity index (χ2v) is 4.07. The summed E-state index contributed by atoms with van der Waals surface area (Å²) in [4.78, 5) is 11.7. The fraction of sp³-hybridized carbons (Fsp3) is 0.364. The molecule has 0 aromatic heterocycles. The van der Waals surface area contributed by atoms with E-state index in [1.165, 1.54) is 20.3 Å². The van der Waals surface area contributed by atoms with Crippen molar-refractivity contribution < 1.29 is 19.4 Å². The number of aromatic hydroxyl groups is 1. The maximum absolute atomic E-state index is 11.7. The largest absolute Gasteiger partial charge is 0.506 e. The van der Waals surface area contributed by atoms with Gasteiger partial charge < -0.3 is 19.9 Å². The highest BCUT2D eigenvalue weighted by atomic mass is 79.9. The zero-order valence-corrected chi connectivity index (χ0v) is 11.4. The van der Waals surface area contributed by atoms with Crippen molar-refractivity contribution in [1.82, 2.24) is 5.32 Å². The van der Waals surface area contributed by atoms with Crippen LogP contribution < -0.4 is 14.8 Å².